The molecule has 2 heterocycles. The Balaban J connectivity index is 1.49. The fourth-order valence-corrected chi connectivity index (χ4v) is 3.63. The lowest BCUT2D eigenvalue weighted by Gasteiger charge is -2.10. The van der Waals surface area contributed by atoms with Crippen molar-refractivity contribution < 1.29 is 14.3 Å². The van der Waals surface area contributed by atoms with Crippen LogP contribution in [0.3, 0.4) is 0 Å². The molecule has 1 aromatic carbocycles. The molecule has 9 heteroatoms. The van der Waals surface area contributed by atoms with Gasteiger partial charge in [0.05, 0.1) is 28.4 Å². The molecule has 0 aliphatic rings. The molecule has 26 heavy (non-hydrogen) atoms. The van der Waals surface area contributed by atoms with Crippen LogP contribution < -0.4 is 4.74 Å². The minimum atomic E-state index is -0.696. The maximum Gasteiger partial charge on any atom is 0.276 e. The van der Waals surface area contributed by atoms with Gasteiger partial charge in [0.25, 0.3) is 11.1 Å². The molecule has 0 fully saturated rings. The minimum absolute atomic E-state index is 0.132. The van der Waals surface area contributed by atoms with Crippen molar-refractivity contribution in [3.8, 4) is 22.6 Å². The monoisotopic (exact) mass is 388 g/mol. The maximum atomic E-state index is 10.0. The Morgan fingerprint density at radius 2 is 2.08 bits per heavy atom. The number of ether oxygens (including phenoxy) is 1. The van der Waals surface area contributed by atoms with Crippen molar-refractivity contribution in [2.45, 2.75) is 25.2 Å². The summed E-state index contributed by atoms with van der Waals surface area (Å²) in [6.07, 6.45) is -0.696. The maximum absolute atomic E-state index is 10.0. The molecule has 0 spiro atoms. The van der Waals surface area contributed by atoms with Gasteiger partial charge in [-0.25, -0.2) is 4.98 Å². The molecule has 0 saturated carbocycles. The van der Waals surface area contributed by atoms with Gasteiger partial charge in [-0.05, 0) is 38.1 Å². The van der Waals surface area contributed by atoms with E-state index < -0.39 is 6.10 Å². The first kappa shape index (κ1) is 18.4. The summed E-state index contributed by atoms with van der Waals surface area (Å²) < 4.78 is 11.1. The van der Waals surface area contributed by atoms with Crippen LogP contribution in [0.25, 0.3) is 10.8 Å². The van der Waals surface area contributed by atoms with Crippen LogP contribution >= 0.6 is 23.1 Å². The van der Waals surface area contributed by atoms with Crippen LogP contribution in [0.15, 0.2) is 33.9 Å². The van der Waals surface area contributed by atoms with Crippen LogP contribution in [-0.4, -0.2) is 38.8 Å². The lowest BCUT2D eigenvalue weighted by Crippen LogP contribution is -2.20. The highest BCUT2D eigenvalue weighted by Crippen LogP contribution is 2.30. The number of thiazole rings is 1. The van der Waals surface area contributed by atoms with Crippen molar-refractivity contribution in [2.75, 3.05) is 12.4 Å². The second kappa shape index (κ2) is 8.31. The molecule has 3 rings (SSSR count). The van der Waals surface area contributed by atoms with Crippen LogP contribution in [-0.2, 0) is 0 Å². The molecule has 1 atom stereocenters. The predicted molar refractivity (Wildman–Crippen MR) is 98.3 cm³/mol. The summed E-state index contributed by atoms with van der Waals surface area (Å²) in [5.41, 5.74) is 1.43. The number of aryl methyl sites for hydroxylation is 2. The van der Waals surface area contributed by atoms with Crippen molar-refractivity contribution in [2.24, 2.45) is 0 Å². The second-order valence-corrected chi connectivity index (χ2v) is 7.61. The van der Waals surface area contributed by atoms with Crippen LogP contribution in [0.1, 0.15) is 16.3 Å². The molecule has 1 unspecified atom stereocenters. The fourth-order valence-electron chi connectivity index (χ4n) is 2.12. The van der Waals surface area contributed by atoms with Crippen molar-refractivity contribution in [1.82, 2.24) is 15.2 Å². The highest BCUT2D eigenvalue weighted by atomic mass is 32.2. The Morgan fingerprint density at radius 1 is 1.31 bits per heavy atom. The van der Waals surface area contributed by atoms with Crippen molar-refractivity contribution >= 4 is 23.1 Å². The zero-order chi connectivity index (χ0) is 18.5. The summed E-state index contributed by atoms with van der Waals surface area (Å²) in [6, 6.07) is 8.77. The first-order valence-corrected chi connectivity index (χ1v) is 9.57. The van der Waals surface area contributed by atoms with Crippen LogP contribution in [0.2, 0.25) is 0 Å². The molecule has 134 valence electrons. The highest BCUT2D eigenvalue weighted by Gasteiger charge is 2.16. The zero-order valence-electron chi connectivity index (χ0n) is 14.2. The smallest absolute Gasteiger partial charge is 0.276 e. The third-order valence-electron chi connectivity index (χ3n) is 3.33. The molecule has 0 bridgehead atoms. The van der Waals surface area contributed by atoms with Gasteiger partial charge in [-0.1, -0.05) is 11.8 Å². The molecule has 0 saturated heterocycles. The largest absolute Gasteiger partial charge is 0.491 e. The first-order chi connectivity index (χ1) is 12.5. The average molecular weight is 388 g/mol. The van der Waals surface area contributed by atoms with Gasteiger partial charge in [-0.2, -0.15) is 5.26 Å². The molecule has 3 aromatic rings. The topological polar surface area (TPSA) is 105 Å². The lowest BCUT2D eigenvalue weighted by molar-refractivity contribution is 0.126. The van der Waals surface area contributed by atoms with Crippen LogP contribution in [0, 0.1) is 25.2 Å². The Labute approximate surface area is 158 Å². The number of aliphatic hydroxyl groups excluding tert-OH is 1. The van der Waals surface area contributed by atoms with E-state index in [4.69, 9.17) is 14.4 Å². The van der Waals surface area contributed by atoms with E-state index in [0.717, 1.165) is 15.6 Å². The van der Waals surface area contributed by atoms with Gasteiger partial charge in [0.15, 0.2) is 0 Å². The molecule has 0 amide bonds. The number of aliphatic hydroxyl groups is 1. The quantitative estimate of drug-likeness (QED) is 0.615. The summed E-state index contributed by atoms with van der Waals surface area (Å²) in [5.74, 6) is 1.40. The molecule has 7 nitrogen and oxygen atoms in total. The van der Waals surface area contributed by atoms with E-state index in [1.165, 1.54) is 23.1 Å². The van der Waals surface area contributed by atoms with Crippen molar-refractivity contribution in [3.63, 3.8) is 0 Å². The van der Waals surface area contributed by atoms with Gasteiger partial charge in [0.1, 0.15) is 17.2 Å². The van der Waals surface area contributed by atoms with Gasteiger partial charge >= 0.3 is 0 Å². The number of hydrogen-bond acceptors (Lipinski definition) is 9. The van der Waals surface area contributed by atoms with E-state index in [1.807, 2.05) is 19.9 Å². The summed E-state index contributed by atoms with van der Waals surface area (Å²) in [7, 11) is 0. The SMILES string of the molecule is Cc1nc(C)c(-c2nnc(SCC(O)COc3ccc(C#N)cc3)o2)s1. The number of nitriles is 1. The van der Waals surface area contributed by atoms with Crippen LogP contribution in [0.5, 0.6) is 5.75 Å². The van der Waals surface area contributed by atoms with Gasteiger partial charge in [0, 0.05) is 5.75 Å². The third kappa shape index (κ3) is 4.60. The average Bonchev–Trinajstić information content (AvgIpc) is 3.24. The molecule has 0 aliphatic heterocycles. The third-order valence-corrected chi connectivity index (χ3v) is 5.35. The van der Waals surface area contributed by atoms with Gasteiger partial charge in [-0.3, -0.25) is 0 Å². The van der Waals surface area contributed by atoms with Gasteiger partial charge in [-0.15, -0.1) is 21.5 Å². The lowest BCUT2D eigenvalue weighted by atomic mass is 10.2. The molecular weight excluding hydrogens is 372 g/mol. The van der Waals surface area contributed by atoms with Crippen molar-refractivity contribution in [1.29, 1.82) is 5.26 Å². The summed E-state index contributed by atoms with van der Waals surface area (Å²) in [6.45, 7) is 3.96. The standard InChI is InChI=1S/C17H16N4O3S2/c1-10-15(26-11(2)19-10)16-20-21-17(24-16)25-9-13(22)8-23-14-5-3-12(7-18)4-6-14/h3-6,13,22H,8-9H2,1-2H3. The van der Waals surface area contributed by atoms with E-state index in [9.17, 15) is 5.11 Å². The minimum Gasteiger partial charge on any atom is -0.491 e. The first-order valence-electron chi connectivity index (χ1n) is 7.77. The Hall–Kier alpha value is -2.41. The molecule has 0 radical (unpaired) electrons. The fraction of sp³-hybridized carbons (Fsp3) is 0.294. The van der Waals surface area contributed by atoms with Gasteiger partial charge < -0.3 is 14.3 Å². The summed E-state index contributed by atoms with van der Waals surface area (Å²) >= 11 is 2.78. The molecule has 2 aromatic heterocycles. The molecule has 1 N–H and O–H groups in total. The Kier molecular flexibility index (Phi) is 5.88. The van der Waals surface area contributed by atoms with E-state index >= 15 is 0 Å². The number of benzene rings is 1. The Morgan fingerprint density at radius 3 is 2.73 bits per heavy atom. The normalized spacial score (nSPS) is 11.9. The second-order valence-electron chi connectivity index (χ2n) is 5.43. The Bertz CT molecular complexity index is 915. The predicted octanol–water partition coefficient (Wildman–Crippen LogP) is 3.21. The summed E-state index contributed by atoms with van der Waals surface area (Å²) in [4.78, 5) is 5.21. The number of rotatable bonds is 7. The zero-order valence-corrected chi connectivity index (χ0v) is 15.8. The molecule has 0 aliphatic carbocycles. The van der Waals surface area contributed by atoms with Crippen molar-refractivity contribution in [3.05, 3.63) is 40.5 Å². The highest BCUT2D eigenvalue weighted by molar-refractivity contribution is 7.99. The van der Waals surface area contributed by atoms with E-state index in [0.29, 0.717) is 28.2 Å². The van der Waals surface area contributed by atoms with E-state index in [1.54, 1.807) is 24.3 Å². The molecular formula is C17H16N4O3S2. The van der Waals surface area contributed by atoms with E-state index in [2.05, 4.69) is 15.2 Å². The number of aromatic nitrogens is 3. The number of hydrogen-bond donors (Lipinski definition) is 1. The number of thioether (sulfide) groups is 1. The van der Waals surface area contributed by atoms with Gasteiger partial charge in [0.2, 0.25) is 0 Å². The van der Waals surface area contributed by atoms with E-state index in [-0.39, 0.29) is 6.61 Å². The summed E-state index contributed by atoms with van der Waals surface area (Å²) in [5, 5.41) is 28.2. The van der Waals surface area contributed by atoms with Crippen LogP contribution in [0.4, 0.5) is 0 Å². The number of nitrogens with zero attached hydrogens (tertiary/aromatic N) is 4.